The van der Waals surface area contributed by atoms with Gasteiger partial charge in [0.2, 0.25) is 0 Å². The molecule has 0 spiro atoms. The molecule has 0 saturated carbocycles. The number of halogens is 2. The summed E-state index contributed by atoms with van der Waals surface area (Å²) in [5.74, 6) is -0.272. The van der Waals surface area contributed by atoms with Gasteiger partial charge in [0, 0.05) is 16.3 Å². The average molecular weight is 389 g/mol. The van der Waals surface area contributed by atoms with Crippen molar-refractivity contribution in [1.82, 2.24) is 19.3 Å². The minimum Gasteiger partial charge on any atom is -0.299 e. The second-order valence-corrected chi connectivity index (χ2v) is 6.84. The van der Waals surface area contributed by atoms with E-state index in [1.165, 1.54) is 12.1 Å². The molecule has 0 bridgehead atoms. The Morgan fingerprint density at radius 3 is 2.36 bits per heavy atom. The molecule has 5 rings (SSSR count). The fraction of sp³-hybridized carbons (Fsp3) is 0. The third kappa shape index (κ3) is 2.86. The third-order valence-corrected chi connectivity index (χ3v) is 4.91. The van der Waals surface area contributed by atoms with Crippen molar-refractivity contribution in [2.24, 2.45) is 0 Å². The van der Waals surface area contributed by atoms with Gasteiger partial charge in [0.15, 0.2) is 0 Å². The average Bonchev–Trinajstić information content (AvgIpc) is 3.36. The highest BCUT2D eigenvalue weighted by Crippen LogP contribution is 2.27. The van der Waals surface area contributed by atoms with Crippen LogP contribution >= 0.6 is 11.6 Å². The van der Waals surface area contributed by atoms with Crippen LogP contribution in [-0.4, -0.2) is 19.3 Å². The van der Waals surface area contributed by atoms with Gasteiger partial charge >= 0.3 is 0 Å². The molecule has 0 aliphatic rings. The van der Waals surface area contributed by atoms with Gasteiger partial charge in [-0.15, -0.1) is 0 Å². The fourth-order valence-corrected chi connectivity index (χ4v) is 3.41. The molecule has 0 amide bonds. The highest BCUT2D eigenvalue weighted by molar-refractivity contribution is 6.30. The van der Waals surface area contributed by atoms with Crippen molar-refractivity contribution in [2.45, 2.75) is 0 Å². The first kappa shape index (κ1) is 16.7. The third-order valence-electron chi connectivity index (χ3n) is 4.66. The van der Waals surface area contributed by atoms with E-state index in [0.717, 1.165) is 33.7 Å². The lowest BCUT2D eigenvalue weighted by Crippen LogP contribution is -1.99. The molecule has 28 heavy (non-hydrogen) atoms. The number of aromatic nitrogens is 4. The normalized spacial score (nSPS) is 11.2. The summed E-state index contributed by atoms with van der Waals surface area (Å²) in [6, 6.07) is 21.9. The molecular formula is C22H14ClFN4. The van der Waals surface area contributed by atoms with Crippen LogP contribution in [0.1, 0.15) is 0 Å². The molecular weight excluding hydrogens is 375 g/mol. The molecule has 5 aromatic rings. The Balaban J connectivity index is 1.63. The van der Waals surface area contributed by atoms with Crippen molar-refractivity contribution in [3.8, 4) is 22.6 Å². The fourth-order valence-electron chi connectivity index (χ4n) is 3.28. The summed E-state index contributed by atoms with van der Waals surface area (Å²) in [4.78, 5) is 4.50. The SMILES string of the molecule is Fc1ccc(-n2nccc2-c2ccc3ncn(-c4ccc(Cl)cc4)c3c2)cc1. The van der Waals surface area contributed by atoms with Crippen molar-refractivity contribution in [3.63, 3.8) is 0 Å². The van der Waals surface area contributed by atoms with Crippen molar-refractivity contribution >= 4 is 22.6 Å². The van der Waals surface area contributed by atoms with Crippen molar-refractivity contribution in [3.05, 3.63) is 96.2 Å². The zero-order valence-electron chi connectivity index (χ0n) is 14.6. The predicted molar refractivity (Wildman–Crippen MR) is 109 cm³/mol. The van der Waals surface area contributed by atoms with E-state index >= 15 is 0 Å². The zero-order chi connectivity index (χ0) is 19.1. The molecule has 6 heteroatoms. The molecule has 0 saturated heterocycles. The van der Waals surface area contributed by atoms with Gasteiger partial charge < -0.3 is 0 Å². The van der Waals surface area contributed by atoms with Crippen LogP contribution in [0.2, 0.25) is 5.02 Å². The van der Waals surface area contributed by atoms with Crippen LogP contribution in [0.3, 0.4) is 0 Å². The van der Waals surface area contributed by atoms with E-state index in [0.29, 0.717) is 5.02 Å². The second kappa shape index (κ2) is 6.62. The first-order valence-corrected chi connectivity index (χ1v) is 9.10. The maximum Gasteiger partial charge on any atom is 0.123 e. The van der Waals surface area contributed by atoms with E-state index < -0.39 is 0 Å². The Kier molecular flexibility index (Phi) is 3.95. The minimum atomic E-state index is -0.272. The molecule has 136 valence electrons. The lowest BCUT2D eigenvalue weighted by Gasteiger charge is -2.09. The Hall–Kier alpha value is -3.44. The molecule has 0 unspecified atom stereocenters. The summed E-state index contributed by atoms with van der Waals surface area (Å²) in [7, 11) is 0. The molecule has 4 nitrogen and oxygen atoms in total. The smallest absolute Gasteiger partial charge is 0.123 e. The van der Waals surface area contributed by atoms with Gasteiger partial charge in [-0.2, -0.15) is 5.10 Å². The highest BCUT2D eigenvalue weighted by atomic mass is 35.5. The molecule has 0 aliphatic heterocycles. The quantitative estimate of drug-likeness (QED) is 0.399. The Morgan fingerprint density at radius 2 is 1.57 bits per heavy atom. The molecule has 2 heterocycles. The van der Waals surface area contributed by atoms with Crippen LogP contribution < -0.4 is 0 Å². The lowest BCUT2D eigenvalue weighted by atomic mass is 10.1. The minimum absolute atomic E-state index is 0.272. The van der Waals surface area contributed by atoms with E-state index in [2.05, 4.69) is 16.1 Å². The Bertz CT molecular complexity index is 1270. The van der Waals surface area contributed by atoms with Gasteiger partial charge in [-0.05, 0) is 66.7 Å². The van der Waals surface area contributed by atoms with E-state index in [9.17, 15) is 4.39 Å². The maximum absolute atomic E-state index is 13.3. The summed E-state index contributed by atoms with van der Waals surface area (Å²) in [6.07, 6.45) is 3.54. The molecule has 3 aromatic carbocycles. The molecule has 0 aliphatic carbocycles. The van der Waals surface area contributed by atoms with Gasteiger partial charge in [0.1, 0.15) is 12.1 Å². The van der Waals surface area contributed by atoms with Crippen molar-refractivity contribution in [2.75, 3.05) is 0 Å². The van der Waals surface area contributed by atoms with Gasteiger partial charge in [-0.1, -0.05) is 17.7 Å². The maximum atomic E-state index is 13.3. The molecule has 0 radical (unpaired) electrons. The standard InChI is InChI=1S/C22H14ClFN4/c23-16-2-6-18(7-3-16)27-14-25-20-10-1-15(13-22(20)27)21-11-12-26-28(21)19-8-4-17(24)5-9-19/h1-14H. The lowest BCUT2D eigenvalue weighted by molar-refractivity contribution is 0.627. The summed E-state index contributed by atoms with van der Waals surface area (Å²) in [5.41, 5.74) is 5.56. The van der Waals surface area contributed by atoms with E-state index in [-0.39, 0.29) is 5.82 Å². The summed E-state index contributed by atoms with van der Waals surface area (Å²) >= 11 is 6.01. The predicted octanol–water partition coefficient (Wildman–Crippen LogP) is 5.67. The van der Waals surface area contributed by atoms with Crippen LogP contribution in [0, 0.1) is 5.82 Å². The van der Waals surface area contributed by atoms with E-state index in [4.69, 9.17) is 11.6 Å². The number of nitrogens with zero attached hydrogens (tertiary/aromatic N) is 4. The topological polar surface area (TPSA) is 35.6 Å². The van der Waals surface area contributed by atoms with Crippen LogP contribution in [0.15, 0.2) is 85.3 Å². The number of fused-ring (bicyclic) bond motifs is 1. The van der Waals surface area contributed by atoms with Crippen molar-refractivity contribution in [1.29, 1.82) is 0 Å². The molecule has 2 aromatic heterocycles. The highest BCUT2D eigenvalue weighted by Gasteiger charge is 2.11. The van der Waals surface area contributed by atoms with E-state index in [1.807, 2.05) is 47.0 Å². The summed E-state index contributed by atoms with van der Waals surface area (Å²) in [6.45, 7) is 0. The van der Waals surface area contributed by atoms with Crippen LogP contribution in [0.25, 0.3) is 33.7 Å². The van der Waals surface area contributed by atoms with Gasteiger partial charge in [0.05, 0.1) is 28.6 Å². The van der Waals surface area contributed by atoms with Gasteiger partial charge in [-0.3, -0.25) is 4.57 Å². The number of hydrogen-bond acceptors (Lipinski definition) is 2. The number of benzene rings is 3. The first-order valence-electron chi connectivity index (χ1n) is 8.72. The zero-order valence-corrected chi connectivity index (χ0v) is 15.4. The molecule has 0 N–H and O–H groups in total. The van der Waals surface area contributed by atoms with Gasteiger partial charge in [0.25, 0.3) is 0 Å². The summed E-state index contributed by atoms with van der Waals surface area (Å²) in [5, 5.41) is 5.10. The monoisotopic (exact) mass is 388 g/mol. The van der Waals surface area contributed by atoms with Gasteiger partial charge in [-0.25, -0.2) is 14.1 Å². The molecule has 0 atom stereocenters. The number of imidazole rings is 1. The van der Waals surface area contributed by atoms with E-state index in [1.54, 1.807) is 29.3 Å². The van der Waals surface area contributed by atoms with Crippen LogP contribution in [0.5, 0.6) is 0 Å². The Morgan fingerprint density at radius 1 is 0.821 bits per heavy atom. The van der Waals surface area contributed by atoms with Crippen LogP contribution in [-0.2, 0) is 0 Å². The summed E-state index contributed by atoms with van der Waals surface area (Å²) < 4.78 is 17.1. The number of rotatable bonds is 3. The second-order valence-electron chi connectivity index (χ2n) is 6.40. The largest absolute Gasteiger partial charge is 0.299 e. The first-order chi connectivity index (χ1) is 13.7. The van der Waals surface area contributed by atoms with Crippen molar-refractivity contribution < 1.29 is 4.39 Å². The van der Waals surface area contributed by atoms with Crippen LogP contribution in [0.4, 0.5) is 4.39 Å². The molecule has 0 fully saturated rings. The Labute approximate surface area is 165 Å². The number of hydrogen-bond donors (Lipinski definition) is 0.